The summed E-state index contributed by atoms with van der Waals surface area (Å²) in [5.74, 6) is 0.379. The Hall–Kier alpha value is -0.440. The van der Waals surface area contributed by atoms with Gasteiger partial charge in [-0.3, -0.25) is 0 Å². The van der Waals surface area contributed by atoms with Crippen LogP contribution in [-0.4, -0.2) is 37.5 Å². The molecule has 0 aliphatic carbocycles. The summed E-state index contributed by atoms with van der Waals surface area (Å²) < 4.78 is 12.7. The van der Waals surface area contributed by atoms with Crippen molar-refractivity contribution in [2.24, 2.45) is 5.92 Å². The number of alkyl halides is 1. The van der Waals surface area contributed by atoms with E-state index in [1.165, 1.54) is 0 Å². The van der Waals surface area contributed by atoms with Crippen molar-refractivity contribution < 1.29 is 9.18 Å². The summed E-state index contributed by atoms with van der Waals surface area (Å²) in [6.45, 7) is 2.04. The highest BCUT2D eigenvalue weighted by molar-refractivity contribution is 5.55. The van der Waals surface area contributed by atoms with Crippen LogP contribution >= 0.6 is 0 Å². The minimum absolute atomic E-state index is 0.379. The van der Waals surface area contributed by atoms with E-state index < -0.39 is 6.17 Å². The summed E-state index contributed by atoms with van der Waals surface area (Å²) in [6, 6.07) is 0. The van der Waals surface area contributed by atoms with Gasteiger partial charge in [0, 0.05) is 6.54 Å². The quantitative estimate of drug-likeness (QED) is 0.599. The van der Waals surface area contributed by atoms with Crippen molar-refractivity contribution in [2.75, 3.05) is 20.1 Å². The molecule has 0 amide bonds. The average molecular weight is 173 g/mol. The van der Waals surface area contributed by atoms with E-state index in [1.807, 2.05) is 7.05 Å². The average Bonchev–Trinajstić information content (AvgIpc) is 2.04. The van der Waals surface area contributed by atoms with Crippen LogP contribution in [0.25, 0.3) is 0 Å². The number of carbonyl (C=O) groups excluding carboxylic acids is 1. The van der Waals surface area contributed by atoms with Gasteiger partial charge in [-0.25, -0.2) is 4.39 Å². The van der Waals surface area contributed by atoms with Crippen LogP contribution < -0.4 is 0 Å². The first-order valence-corrected chi connectivity index (χ1v) is 4.50. The maximum atomic E-state index is 12.7. The largest absolute Gasteiger partial charge is 0.306 e. The number of nitrogens with zero attached hydrogens (tertiary/aromatic N) is 1. The van der Waals surface area contributed by atoms with Gasteiger partial charge in [0.05, 0.1) is 0 Å². The highest BCUT2D eigenvalue weighted by Gasteiger charge is 2.20. The van der Waals surface area contributed by atoms with Crippen molar-refractivity contribution in [1.29, 1.82) is 0 Å². The molecule has 1 fully saturated rings. The lowest BCUT2D eigenvalue weighted by atomic mass is 9.93. The topological polar surface area (TPSA) is 20.3 Å². The molecule has 0 bridgehead atoms. The Morgan fingerprint density at radius 2 is 2.50 bits per heavy atom. The summed E-state index contributed by atoms with van der Waals surface area (Å²) >= 11 is 0. The van der Waals surface area contributed by atoms with Gasteiger partial charge in [-0.2, -0.15) is 0 Å². The number of rotatable bonds is 3. The molecular formula is C9H16FNO. The number of hydrogen-bond acceptors (Lipinski definition) is 2. The van der Waals surface area contributed by atoms with Crippen LogP contribution in [0.5, 0.6) is 0 Å². The van der Waals surface area contributed by atoms with E-state index in [1.54, 1.807) is 0 Å². The van der Waals surface area contributed by atoms with Crippen LogP contribution in [0.3, 0.4) is 0 Å². The van der Waals surface area contributed by atoms with E-state index in [9.17, 15) is 9.18 Å². The number of halogens is 1. The summed E-state index contributed by atoms with van der Waals surface area (Å²) in [5.41, 5.74) is 0. The van der Waals surface area contributed by atoms with Crippen molar-refractivity contribution in [3.8, 4) is 0 Å². The molecule has 1 heterocycles. The molecule has 0 aromatic heterocycles. The molecule has 2 nitrogen and oxygen atoms in total. The Bertz CT molecular complexity index is 151. The number of hydrogen-bond donors (Lipinski definition) is 0. The monoisotopic (exact) mass is 173 g/mol. The summed E-state index contributed by atoms with van der Waals surface area (Å²) in [6.07, 6.45) is 1.77. The summed E-state index contributed by atoms with van der Waals surface area (Å²) in [4.78, 5) is 12.3. The van der Waals surface area contributed by atoms with Gasteiger partial charge in [0.15, 0.2) is 12.5 Å². The van der Waals surface area contributed by atoms with E-state index >= 15 is 0 Å². The minimum atomic E-state index is -1.25. The molecule has 1 aliphatic rings. The molecule has 70 valence electrons. The van der Waals surface area contributed by atoms with E-state index in [-0.39, 0.29) is 0 Å². The fourth-order valence-electron chi connectivity index (χ4n) is 1.84. The van der Waals surface area contributed by atoms with E-state index in [2.05, 4.69) is 4.90 Å². The lowest BCUT2D eigenvalue weighted by Crippen LogP contribution is -2.33. The predicted octanol–water partition coefficient (Wildman–Crippen LogP) is 1.26. The fraction of sp³-hybridized carbons (Fsp3) is 0.889. The normalized spacial score (nSPS) is 28.3. The third-order valence-corrected chi connectivity index (χ3v) is 2.43. The lowest BCUT2D eigenvalue weighted by Gasteiger charge is -2.29. The van der Waals surface area contributed by atoms with Gasteiger partial charge >= 0.3 is 0 Å². The molecule has 0 aromatic rings. The van der Waals surface area contributed by atoms with E-state index in [4.69, 9.17) is 0 Å². The first kappa shape index (κ1) is 9.65. The smallest absolute Gasteiger partial charge is 0.155 e. The maximum absolute atomic E-state index is 12.7. The zero-order chi connectivity index (χ0) is 8.97. The van der Waals surface area contributed by atoms with Crippen LogP contribution in [0.1, 0.15) is 19.3 Å². The minimum Gasteiger partial charge on any atom is -0.306 e. The van der Waals surface area contributed by atoms with E-state index in [0.29, 0.717) is 18.6 Å². The highest BCUT2D eigenvalue weighted by atomic mass is 19.1. The molecule has 1 saturated heterocycles. The molecule has 0 spiro atoms. The maximum Gasteiger partial charge on any atom is 0.155 e. The first-order chi connectivity index (χ1) is 5.72. The molecule has 0 saturated carbocycles. The number of aldehydes is 1. The van der Waals surface area contributed by atoms with Gasteiger partial charge in [0.25, 0.3) is 0 Å². The molecular weight excluding hydrogens is 157 g/mol. The van der Waals surface area contributed by atoms with Crippen LogP contribution in [0.4, 0.5) is 4.39 Å². The van der Waals surface area contributed by atoms with Crippen LogP contribution in [0.15, 0.2) is 0 Å². The second-order valence-corrected chi connectivity index (χ2v) is 3.66. The van der Waals surface area contributed by atoms with E-state index in [0.717, 1.165) is 25.9 Å². The number of carbonyl (C=O) groups is 1. The van der Waals surface area contributed by atoms with Gasteiger partial charge in [0.2, 0.25) is 0 Å². The molecule has 2 atom stereocenters. The van der Waals surface area contributed by atoms with Crippen LogP contribution in [0, 0.1) is 5.92 Å². The Labute approximate surface area is 72.7 Å². The second-order valence-electron chi connectivity index (χ2n) is 3.66. The number of likely N-dealkylation sites (tertiary alicyclic amines) is 1. The molecule has 0 aromatic carbocycles. The highest BCUT2D eigenvalue weighted by Crippen LogP contribution is 2.20. The van der Waals surface area contributed by atoms with Gasteiger partial charge in [-0.15, -0.1) is 0 Å². The molecule has 2 unspecified atom stereocenters. The molecule has 1 aliphatic heterocycles. The Kier molecular flexibility index (Phi) is 3.66. The Morgan fingerprint density at radius 3 is 3.08 bits per heavy atom. The standard InChI is InChI=1S/C9H16FNO/c1-11-4-2-3-8(6-11)5-9(10)7-12/h7-9H,2-6H2,1H3. The molecule has 12 heavy (non-hydrogen) atoms. The van der Waals surface area contributed by atoms with Crippen molar-refractivity contribution in [2.45, 2.75) is 25.4 Å². The molecule has 3 heteroatoms. The van der Waals surface area contributed by atoms with Crippen LogP contribution in [-0.2, 0) is 4.79 Å². The van der Waals surface area contributed by atoms with Crippen molar-refractivity contribution in [1.82, 2.24) is 4.90 Å². The second kappa shape index (κ2) is 4.55. The third-order valence-electron chi connectivity index (χ3n) is 2.43. The predicted molar refractivity (Wildman–Crippen MR) is 45.8 cm³/mol. The summed E-state index contributed by atoms with van der Waals surface area (Å²) in [7, 11) is 2.04. The van der Waals surface area contributed by atoms with Gasteiger partial charge in [0.1, 0.15) is 0 Å². The summed E-state index contributed by atoms with van der Waals surface area (Å²) in [5, 5.41) is 0. The Morgan fingerprint density at radius 1 is 1.75 bits per heavy atom. The molecule has 1 rings (SSSR count). The van der Waals surface area contributed by atoms with Crippen LogP contribution in [0.2, 0.25) is 0 Å². The van der Waals surface area contributed by atoms with Gasteiger partial charge < -0.3 is 9.69 Å². The third kappa shape index (κ3) is 2.89. The van der Waals surface area contributed by atoms with Crippen molar-refractivity contribution >= 4 is 6.29 Å². The van der Waals surface area contributed by atoms with Gasteiger partial charge in [-0.1, -0.05) is 0 Å². The lowest BCUT2D eigenvalue weighted by molar-refractivity contribution is -0.112. The SMILES string of the molecule is CN1CCCC(CC(F)C=O)C1. The van der Waals surface area contributed by atoms with Crippen molar-refractivity contribution in [3.05, 3.63) is 0 Å². The molecule has 0 radical (unpaired) electrons. The number of piperidine rings is 1. The van der Waals surface area contributed by atoms with Gasteiger partial charge in [-0.05, 0) is 38.8 Å². The zero-order valence-electron chi connectivity index (χ0n) is 7.50. The zero-order valence-corrected chi connectivity index (χ0v) is 7.50. The van der Waals surface area contributed by atoms with Crippen molar-refractivity contribution in [3.63, 3.8) is 0 Å². The Balaban J connectivity index is 2.26. The first-order valence-electron chi connectivity index (χ1n) is 4.50. The molecule has 0 N–H and O–H groups in total. The fourth-order valence-corrected chi connectivity index (χ4v) is 1.84.